The van der Waals surface area contributed by atoms with Gasteiger partial charge in [0.15, 0.2) is 0 Å². The maximum atomic E-state index is 11.8. The third-order valence-corrected chi connectivity index (χ3v) is 2.95. The molecule has 0 aliphatic heterocycles. The molecule has 0 aliphatic rings. The molecule has 5 heteroatoms. The molecule has 2 rings (SSSR count). The summed E-state index contributed by atoms with van der Waals surface area (Å²) in [6.45, 7) is 0. The van der Waals surface area contributed by atoms with Crippen LogP contribution in [0.1, 0.15) is 5.56 Å². The van der Waals surface area contributed by atoms with Gasteiger partial charge in [-0.15, -0.1) is 0 Å². The predicted octanol–water partition coefficient (Wildman–Crippen LogP) is 2.81. The molecule has 98 valence electrons. The molecule has 4 N–H and O–H groups in total. The van der Waals surface area contributed by atoms with E-state index in [0.717, 1.165) is 0 Å². The van der Waals surface area contributed by atoms with Crippen molar-refractivity contribution in [2.24, 2.45) is 0 Å². The number of hydrogen-bond donors (Lipinski definition) is 3. The van der Waals surface area contributed by atoms with E-state index in [0.29, 0.717) is 22.0 Å². The monoisotopic (exact) mass is 276 g/mol. The molecule has 2 aromatic rings. The van der Waals surface area contributed by atoms with Crippen LogP contribution in [0.15, 0.2) is 42.5 Å². The number of halogens is 1. The van der Waals surface area contributed by atoms with E-state index in [1.165, 1.54) is 0 Å². The van der Waals surface area contributed by atoms with Gasteiger partial charge in [-0.05, 0) is 24.3 Å². The number of nitrogens with two attached hydrogens (primary N) is 1. The van der Waals surface area contributed by atoms with E-state index in [1.54, 1.807) is 42.5 Å². The first kappa shape index (κ1) is 13.2. The molecule has 0 saturated carbocycles. The number of phenolic OH excluding ortho intramolecular Hbond substituents is 1. The third-order valence-electron chi connectivity index (χ3n) is 2.63. The summed E-state index contributed by atoms with van der Waals surface area (Å²) >= 11 is 5.87. The normalized spacial score (nSPS) is 10.2. The summed E-state index contributed by atoms with van der Waals surface area (Å²) in [6, 6.07) is 11.6. The van der Waals surface area contributed by atoms with Crippen molar-refractivity contribution in [3.8, 4) is 5.75 Å². The van der Waals surface area contributed by atoms with Gasteiger partial charge in [0.1, 0.15) is 5.75 Å². The number of hydrogen-bond acceptors (Lipinski definition) is 3. The van der Waals surface area contributed by atoms with Crippen molar-refractivity contribution in [2.45, 2.75) is 6.42 Å². The Labute approximate surface area is 115 Å². The Hall–Kier alpha value is -2.20. The first-order valence-corrected chi connectivity index (χ1v) is 6.06. The fourth-order valence-electron chi connectivity index (χ4n) is 1.64. The molecule has 19 heavy (non-hydrogen) atoms. The molecule has 0 fully saturated rings. The molecule has 0 aliphatic carbocycles. The van der Waals surface area contributed by atoms with Crippen molar-refractivity contribution in [1.29, 1.82) is 0 Å². The number of benzene rings is 2. The minimum atomic E-state index is -0.234. The second kappa shape index (κ2) is 5.63. The molecular weight excluding hydrogens is 264 g/mol. The lowest BCUT2D eigenvalue weighted by atomic mass is 10.1. The second-order valence-electron chi connectivity index (χ2n) is 4.09. The van der Waals surface area contributed by atoms with Crippen LogP contribution in [0.5, 0.6) is 5.75 Å². The van der Waals surface area contributed by atoms with Crippen molar-refractivity contribution in [3.63, 3.8) is 0 Å². The number of aromatic hydroxyl groups is 1. The van der Waals surface area contributed by atoms with Crippen LogP contribution >= 0.6 is 11.6 Å². The molecule has 0 spiro atoms. The van der Waals surface area contributed by atoms with Crippen LogP contribution in [0.4, 0.5) is 11.4 Å². The summed E-state index contributed by atoms with van der Waals surface area (Å²) in [6.07, 6.45) is 0.0919. The SMILES string of the molecule is Nc1ccc(NC(=O)Cc2ccccc2O)cc1Cl. The standard InChI is InChI=1S/C14H13ClN2O2/c15-11-8-10(5-6-12(11)16)17-14(19)7-9-3-1-2-4-13(9)18/h1-6,8,18H,7,16H2,(H,17,19). The highest BCUT2D eigenvalue weighted by atomic mass is 35.5. The molecule has 0 atom stereocenters. The summed E-state index contributed by atoms with van der Waals surface area (Å²) in [7, 11) is 0. The number of carbonyl (C=O) groups excluding carboxylic acids is 1. The van der Waals surface area contributed by atoms with Crippen molar-refractivity contribution < 1.29 is 9.90 Å². The Morgan fingerprint density at radius 2 is 2.00 bits per heavy atom. The molecule has 0 heterocycles. The fraction of sp³-hybridized carbons (Fsp3) is 0.0714. The average Bonchev–Trinajstić information content (AvgIpc) is 2.37. The molecule has 0 bridgehead atoms. The van der Waals surface area contributed by atoms with Crippen LogP contribution in [0.3, 0.4) is 0 Å². The third kappa shape index (κ3) is 3.39. The van der Waals surface area contributed by atoms with Gasteiger partial charge >= 0.3 is 0 Å². The van der Waals surface area contributed by atoms with E-state index in [2.05, 4.69) is 5.32 Å². The maximum absolute atomic E-state index is 11.8. The summed E-state index contributed by atoms with van der Waals surface area (Å²) in [5, 5.41) is 12.7. The Kier molecular flexibility index (Phi) is 3.92. The highest BCUT2D eigenvalue weighted by Gasteiger charge is 2.08. The van der Waals surface area contributed by atoms with Gasteiger partial charge < -0.3 is 16.2 Å². The van der Waals surface area contributed by atoms with Crippen LogP contribution in [0, 0.1) is 0 Å². The maximum Gasteiger partial charge on any atom is 0.228 e. The van der Waals surface area contributed by atoms with E-state index in [9.17, 15) is 9.90 Å². The zero-order valence-electron chi connectivity index (χ0n) is 10.1. The zero-order valence-corrected chi connectivity index (χ0v) is 10.8. The highest BCUT2D eigenvalue weighted by Crippen LogP contribution is 2.23. The van der Waals surface area contributed by atoms with Gasteiger partial charge in [0, 0.05) is 11.3 Å². The number of rotatable bonds is 3. The summed E-state index contributed by atoms with van der Waals surface area (Å²) < 4.78 is 0. The van der Waals surface area contributed by atoms with Crippen LogP contribution in [0.25, 0.3) is 0 Å². The van der Waals surface area contributed by atoms with Gasteiger partial charge in [-0.1, -0.05) is 29.8 Å². The van der Waals surface area contributed by atoms with Gasteiger partial charge in [-0.3, -0.25) is 4.79 Å². The van der Waals surface area contributed by atoms with Crippen LogP contribution in [0.2, 0.25) is 5.02 Å². The minimum Gasteiger partial charge on any atom is -0.508 e. The predicted molar refractivity (Wildman–Crippen MR) is 76.3 cm³/mol. The summed E-state index contributed by atoms with van der Waals surface area (Å²) in [4.78, 5) is 11.8. The van der Waals surface area contributed by atoms with Crippen LogP contribution < -0.4 is 11.1 Å². The Bertz CT molecular complexity index is 614. The van der Waals surface area contributed by atoms with Crippen molar-refractivity contribution in [3.05, 3.63) is 53.1 Å². The molecular formula is C14H13ClN2O2. The Balaban J connectivity index is 2.05. The molecule has 0 aromatic heterocycles. The molecule has 0 radical (unpaired) electrons. The largest absolute Gasteiger partial charge is 0.508 e. The van der Waals surface area contributed by atoms with Crippen molar-refractivity contribution in [2.75, 3.05) is 11.1 Å². The lowest BCUT2D eigenvalue weighted by Gasteiger charge is -2.07. The molecule has 0 saturated heterocycles. The number of nitrogen functional groups attached to an aromatic ring is 1. The zero-order chi connectivity index (χ0) is 13.8. The topological polar surface area (TPSA) is 75.3 Å². The van der Waals surface area contributed by atoms with E-state index in [1.807, 2.05) is 0 Å². The van der Waals surface area contributed by atoms with Gasteiger partial charge in [-0.2, -0.15) is 0 Å². The van der Waals surface area contributed by atoms with Crippen LogP contribution in [-0.2, 0) is 11.2 Å². The van der Waals surface area contributed by atoms with Gasteiger partial charge in [0.05, 0.1) is 17.1 Å². The lowest BCUT2D eigenvalue weighted by molar-refractivity contribution is -0.115. The number of carbonyl (C=O) groups is 1. The van der Waals surface area contributed by atoms with Gasteiger partial charge in [-0.25, -0.2) is 0 Å². The van der Waals surface area contributed by atoms with Crippen LogP contribution in [-0.4, -0.2) is 11.0 Å². The first-order valence-electron chi connectivity index (χ1n) is 5.68. The number of para-hydroxylation sites is 1. The molecule has 1 amide bonds. The molecule has 4 nitrogen and oxygen atoms in total. The number of amides is 1. The number of anilines is 2. The molecule has 0 unspecified atom stereocenters. The van der Waals surface area contributed by atoms with Crippen molar-refractivity contribution >= 4 is 28.9 Å². The van der Waals surface area contributed by atoms with E-state index >= 15 is 0 Å². The van der Waals surface area contributed by atoms with E-state index in [-0.39, 0.29) is 18.1 Å². The first-order chi connectivity index (χ1) is 9.06. The molecule has 2 aromatic carbocycles. The van der Waals surface area contributed by atoms with Crippen molar-refractivity contribution in [1.82, 2.24) is 0 Å². The lowest BCUT2D eigenvalue weighted by Crippen LogP contribution is -2.14. The smallest absolute Gasteiger partial charge is 0.228 e. The summed E-state index contributed by atoms with van der Waals surface area (Å²) in [5.74, 6) is -0.129. The summed E-state index contributed by atoms with van der Waals surface area (Å²) in [5.41, 5.74) is 7.18. The Morgan fingerprint density at radius 1 is 1.26 bits per heavy atom. The quantitative estimate of drug-likeness (QED) is 0.755. The number of nitrogens with one attached hydrogen (secondary N) is 1. The van der Waals surface area contributed by atoms with E-state index < -0.39 is 0 Å². The fourth-order valence-corrected chi connectivity index (χ4v) is 1.82. The van der Waals surface area contributed by atoms with E-state index in [4.69, 9.17) is 17.3 Å². The Morgan fingerprint density at radius 3 is 2.68 bits per heavy atom. The second-order valence-corrected chi connectivity index (χ2v) is 4.50. The highest BCUT2D eigenvalue weighted by molar-refractivity contribution is 6.33. The average molecular weight is 277 g/mol. The number of phenols is 1. The minimum absolute atomic E-state index is 0.0919. The van der Waals surface area contributed by atoms with Gasteiger partial charge in [0.25, 0.3) is 0 Å². The van der Waals surface area contributed by atoms with Gasteiger partial charge in [0.2, 0.25) is 5.91 Å².